The van der Waals surface area contributed by atoms with E-state index in [2.05, 4.69) is 6.92 Å². The van der Waals surface area contributed by atoms with E-state index in [1.54, 1.807) is 6.92 Å². The van der Waals surface area contributed by atoms with Crippen molar-refractivity contribution < 1.29 is 19.8 Å². The molecular formula is C13H22CaO4. The zero-order valence-corrected chi connectivity index (χ0v) is 13.9. The van der Waals surface area contributed by atoms with Crippen LogP contribution in [-0.4, -0.2) is 49.7 Å². The Balaban J connectivity index is 0. The molecule has 0 amide bonds. The standard InChI is InChI=1S/C13H24O4.Ca/c1-4-5-6-7-8-9-10(2)13(3,11(14)15)12(16)17;/h10H,4-9H2,1-3H3,(H,14,15)(H,16,17);/q;+2/p-2. The molecule has 0 aromatic heterocycles. The van der Waals surface area contributed by atoms with Crippen molar-refractivity contribution >= 4 is 49.7 Å². The fourth-order valence-electron chi connectivity index (χ4n) is 1.83. The van der Waals surface area contributed by atoms with Crippen LogP contribution in [0.15, 0.2) is 0 Å². The summed E-state index contributed by atoms with van der Waals surface area (Å²) < 4.78 is 0. The van der Waals surface area contributed by atoms with Crippen molar-refractivity contribution in [2.24, 2.45) is 11.3 Å². The number of hydrogen-bond acceptors (Lipinski definition) is 4. The first-order valence-electron chi connectivity index (χ1n) is 6.30. The molecule has 0 aliphatic rings. The van der Waals surface area contributed by atoms with Crippen molar-refractivity contribution in [3.05, 3.63) is 0 Å². The summed E-state index contributed by atoms with van der Waals surface area (Å²) in [5, 5.41) is 21.8. The quantitative estimate of drug-likeness (QED) is 0.341. The van der Waals surface area contributed by atoms with Gasteiger partial charge in [-0.3, -0.25) is 0 Å². The van der Waals surface area contributed by atoms with Crippen molar-refractivity contribution in [1.29, 1.82) is 0 Å². The van der Waals surface area contributed by atoms with Crippen molar-refractivity contribution in [2.75, 3.05) is 0 Å². The minimum Gasteiger partial charge on any atom is -0.549 e. The number of rotatable bonds is 9. The molecule has 0 spiro atoms. The summed E-state index contributed by atoms with van der Waals surface area (Å²) >= 11 is 0. The predicted molar refractivity (Wildman–Crippen MR) is 66.4 cm³/mol. The smallest absolute Gasteiger partial charge is 0.549 e. The van der Waals surface area contributed by atoms with Gasteiger partial charge in [0.05, 0.1) is 11.9 Å². The largest absolute Gasteiger partial charge is 2.00 e. The number of carbonyl (C=O) groups is 2. The molecule has 0 rings (SSSR count). The first kappa shape index (κ1) is 20.5. The van der Waals surface area contributed by atoms with Crippen LogP contribution in [0.3, 0.4) is 0 Å². The summed E-state index contributed by atoms with van der Waals surface area (Å²) in [5.41, 5.74) is -1.88. The molecule has 1 atom stereocenters. The second-order valence-corrected chi connectivity index (χ2v) is 4.88. The Morgan fingerprint density at radius 1 is 1.06 bits per heavy atom. The average Bonchev–Trinajstić information content (AvgIpc) is 2.26. The molecule has 18 heavy (non-hydrogen) atoms. The Morgan fingerprint density at radius 3 is 1.89 bits per heavy atom. The topological polar surface area (TPSA) is 80.3 Å². The van der Waals surface area contributed by atoms with Crippen molar-refractivity contribution in [3.8, 4) is 0 Å². The summed E-state index contributed by atoms with van der Waals surface area (Å²) in [7, 11) is 0. The molecule has 0 saturated heterocycles. The maximum Gasteiger partial charge on any atom is 2.00 e. The van der Waals surface area contributed by atoms with E-state index in [0.717, 1.165) is 32.1 Å². The van der Waals surface area contributed by atoms with Gasteiger partial charge in [0.1, 0.15) is 0 Å². The van der Waals surface area contributed by atoms with E-state index in [4.69, 9.17) is 0 Å². The SMILES string of the molecule is CCCCCCCC(C)C(C)(C(=O)[O-])C(=O)[O-].[Ca+2]. The minimum absolute atomic E-state index is 0. The fourth-order valence-corrected chi connectivity index (χ4v) is 1.83. The van der Waals surface area contributed by atoms with Gasteiger partial charge in [0.25, 0.3) is 0 Å². The molecule has 0 aromatic carbocycles. The van der Waals surface area contributed by atoms with Gasteiger partial charge < -0.3 is 19.8 Å². The van der Waals surface area contributed by atoms with Gasteiger partial charge in [-0.25, -0.2) is 0 Å². The van der Waals surface area contributed by atoms with Gasteiger partial charge in [-0.15, -0.1) is 0 Å². The molecule has 0 heterocycles. The molecule has 4 nitrogen and oxygen atoms in total. The van der Waals surface area contributed by atoms with Crippen molar-refractivity contribution in [1.82, 2.24) is 0 Å². The Kier molecular flexibility index (Phi) is 11.4. The second kappa shape index (κ2) is 10.0. The first-order chi connectivity index (χ1) is 7.87. The zero-order chi connectivity index (χ0) is 13.5. The Morgan fingerprint density at radius 2 is 1.50 bits per heavy atom. The minimum atomic E-state index is -1.88. The Bertz CT molecular complexity index is 252. The molecule has 100 valence electrons. The van der Waals surface area contributed by atoms with Crippen LogP contribution >= 0.6 is 0 Å². The zero-order valence-electron chi connectivity index (χ0n) is 11.7. The molecule has 0 fully saturated rings. The van der Waals surface area contributed by atoms with Gasteiger partial charge in [0.15, 0.2) is 0 Å². The van der Waals surface area contributed by atoms with Gasteiger partial charge >= 0.3 is 37.7 Å². The molecule has 0 aliphatic carbocycles. The molecule has 1 unspecified atom stereocenters. The van der Waals surface area contributed by atoms with Crippen LogP contribution in [0.4, 0.5) is 0 Å². The third-order valence-corrected chi connectivity index (χ3v) is 3.57. The van der Waals surface area contributed by atoms with E-state index < -0.39 is 23.3 Å². The monoisotopic (exact) mass is 282 g/mol. The van der Waals surface area contributed by atoms with E-state index in [9.17, 15) is 19.8 Å². The van der Waals surface area contributed by atoms with Crippen LogP contribution in [0.25, 0.3) is 0 Å². The number of carboxylic acids is 2. The van der Waals surface area contributed by atoms with E-state index in [1.807, 2.05) is 0 Å². The molecule has 0 radical (unpaired) electrons. The van der Waals surface area contributed by atoms with Gasteiger partial charge in [0, 0.05) is 5.41 Å². The normalized spacial score (nSPS) is 12.6. The van der Waals surface area contributed by atoms with Crippen LogP contribution in [0.1, 0.15) is 59.3 Å². The molecule has 0 N–H and O–H groups in total. The van der Waals surface area contributed by atoms with Crippen LogP contribution in [0.2, 0.25) is 0 Å². The number of unbranched alkanes of at least 4 members (excludes halogenated alkanes) is 4. The molecule has 0 aromatic rings. The maximum atomic E-state index is 10.9. The number of carboxylic acid groups (broad SMARTS) is 2. The van der Waals surface area contributed by atoms with Gasteiger partial charge in [-0.05, 0) is 19.3 Å². The van der Waals surface area contributed by atoms with Gasteiger partial charge in [-0.1, -0.05) is 46.0 Å². The summed E-state index contributed by atoms with van der Waals surface area (Å²) in [4.78, 5) is 21.8. The second-order valence-electron chi connectivity index (χ2n) is 4.88. The first-order valence-corrected chi connectivity index (χ1v) is 6.30. The summed E-state index contributed by atoms with van der Waals surface area (Å²) in [6, 6.07) is 0. The van der Waals surface area contributed by atoms with Crippen molar-refractivity contribution in [3.63, 3.8) is 0 Å². The number of carbonyl (C=O) groups excluding carboxylic acids is 2. The molecule has 5 heteroatoms. The van der Waals surface area contributed by atoms with Crippen molar-refractivity contribution in [2.45, 2.75) is 59.3 Å². The van der Waals surface area contributed by atoms with Crippen LogP contribution < -0.4 is 10.2 Å². The van der Waals surface area contributed by atoms with E-state index in [1.165, 1.54) is 6.92 Å². The Hall–Kier alpha value is 0.200. The van der Waals surface area contributed by atoms with Crippen LogP contribution in [0.5, 0.6) is 0 Å². The van der Waals surface area contributed by atoms with E-state index >= 15 is 0 Å². The summed E-state index contributed by atoms with van der Waals surface area (Å²) in [6.45, 7) is 4.92. The van der Waals surface area contributed by atoms with Gasteiger partial charge in [-0.2, -0.15) is 0 Å². The van der Waals surface area contributed by atoms with E-state index in [0.29, 0.717) is 6.42 Å². The molecule has 0 aliphatic heterocycles. The summed E-state index contributed by atoms with van der Waals surface area (Å²) in [5.74, 6) is -3.59. The molecule has 0 bridgehead atoms. The predicted octanol–water partition coefficient (Wildman–Crippen LogP) is 0.108. The molecular weight excluding hydrogens is 260 g/mol. The van der Waals surface area contributed by atoms with Crippen LogP contribution in [-0.2, 0) is 9.59 Å². The maximum absolute atomic E-state index is 10.9. The third kappa shape index (κ3) is 5.89. The van der Waals surface area contributed by atoms with Crippen LogP contribution in [0, 0.1) is 11.3 Å². The Labute approximate surface area is 139 Å². The number of aliphatic carboxylic acids is 2. The third-order valence-electron chi connectivity index (χ3n) is 3.57. The number of hydrogen-bond donors (Lipinski definition) is 0. The average molecular weight is 282 g/mol. The van der Waals surface area contributed by atoms with Gasteiger partial charge in [0.2, 0.25) is 0 Å². The van der Waals surface area contributed by atoms with E-state index in [-0.39, 0.29) is 37.7 Å². The fraction of sp³-hybridized carbons (Fsp3) is 0.846. The molecule has 0 saturated carbocycles. The summed E-state index contributed by atoms with van der Waals surface area (Å²) in [6.07, 6.45) is 5.84.